The van der Waals surface area contributed by atoms with E-state index in [1.165, 1.54) is 0 Å². The molecule has 0 saturated carbocycles. The van der Waals surface area contributed by atoms with Crippen molar-refractivity contribution >= 4 is 5.71 Å². The molecule has 0 radical (unpaired) electrons. The Hall–Kier alpha value is -3.41. The average Bonchev–Trinajstić information content (AvgIpc) is 3.47. The zero-order valence-electron chi connectivity index (χ0n) is 14.4. The summed E-state index contributed by atoms with van der Waals surface area (Å²) in [5, 5.41) is 6.91. The van der Waals surface area contributed by atoms with E-state index in [-0.39, 0.29) is 19.1 Å². The molecule has 0 saturated heterocycles. The topological polar surface area (TPSA) is 56.4 Å². The average molecular weight is 360 g/mol. The van der Waals surface area contributed by atoms with Crippen LogP contribution in [0.5, 0.6) is 17.2 Å². The molecule has 3 aliphatic heterocycles. The fourth-order valence-corrected chi connectivity index (χ4v) is 3.90. The summed E-state index contributed by atoms with van der Waals surface area (Å²) in [6.07, 6.45) is 2.07. The van der Waals surface area contributed by atoms with E-state index in [1.54, 1.807) is 6.26 Å². The normalized spacial score (nSPS) is 22.1. The summed E-state index contributed by atoms with van der Waals surface area (Å²) in [7, 11) is 0. The standard InChI is InChI=1S/C21H16N2O4/c1-2-5-17-14(4-1)16-11-15(13-7-8-18-20(10-13)26-12-25-18)22-23(16)21(27-17)19-6-3-9-24-19/h1-10,16,21H,11-12H2/t16-,21+/m1/s1. The van der Waals surface area contributed by atoms with Gasteiger partial charge in [0.2, 0.25) is 13.0 Å². The van der Waals surface area contributed by atoms with Crippen LogP contribution in [0.25, 0.3) is 0 Å². The van der Waals surface area contributed by atoms with Crippen molar-refractivity contribution < 1.29 is 18.6 Å². The van der Waals surface area contributed by atoms with Gasteiger partial charge in [-0.3, -0.25) is 0 Å². The molecule has 0 unspecified atom stereocenters. The Bertz CT molecular complexity index is 1040. The first-order valence-electron chi connectivity index (χ1n) is 8.92. The Labute approximate surface area is 155 Å². The second-order valence-corrected chi connectivity index (χ2v) is 6.74. The zero-order chi connectivity index (χ0) is 17.8. The molecular weight excluding hydrogens is 344 g/mol. The Morgan fingerprint density at radius 2 is 1.85 bits per heavy atom. The molecule has 4 heterocycles. The Morgan fingerprint density at radius 3 is 2.78 bits per heavy atom. The molecule has 2 aromatic carbocycles. The van der Waals surface area contributed by atoms with E-state index >= 15 is 0 Å². The number of rotatable bonds is 2. The molecule has 3 aromatic rings. The number of benzene rings is 2. The molecule has 0 aliphatic carbocycles. The van der Waals surface area contributed by atoms with Gasteiger partial charge in [0.25, 0.3) is 0 Å². The molecule has 6 heteroatoms. The van der Waals surface area contributed by atoms with Gasteiger partial charge in [0, 0.05) is 17.5 Å². The van der Waals surface area contributed by atoms with Gasteiger partial charge in [0.05, 0.1) is 18.0 Å². The van der Waals surface area contributed by atoms with Crippen LogP contribution in [0.3, 0.4) is 0 Å². The van der Waals surface area contributed by atoms with Gasteiger partial charge in [0.1, 0.15) is 5.75 Å². The number of para-hydroxylation sites is 1. The van der Waals surface area contributed by atoms with Crippen molar-refractivity contribution in [3.05, 3.63) is 77.7 Å². The molecule has 6 rings (SSSR count). The van der Waals surface area contributed by atoms with Crippen LogP contribution >= 0.6 is 0 Å². The molecule has 27 heavy (non-hydrogen) atoms. The van der Waals surface area contributed by atoms with Crippen molar-refractivity contribution in [2.45, 2.75) is 18.7 Å². The van der Waals surface area contributed by atoms with Crippen LogP contribution < -0.4 is 14.2 Å². The summed E-state index contributed by atoms with van der Waals surface area (Å²) in [6, 6.07) is 18.0. The Morgan fingerprint density at radius 1 is 0.926 bits per heavy atom. The highest BCUT2D eigenvalue weighted by Crippen LogP contribution is 2.47. The largest absolute Gasteiger partial charge is 0.463 e. The summed E-state index contributed by atoms with van der Waals surface area (Å²) in [6.45, 7) is 0.266. The summed E-state index contributed by atoms with van der Waals surface area (Å²) >= 11 is 0. The Kier molecular flexibility index (Phi) is 3.02. The molecule has 0 N–H and O–H groups in total. The minimum atomic E-state index is -0.383. The SMILES string of the molecule is c1coc([C@@H]2Oc3ccccc3[C@H]3CC(c4ccc5c(c4)OCO5)=NN32)c1. The van der Waals surface area contributed by atoms with Crippen LogP contribution in [0.15, 0.2) is 70.4 Å². The Balaban J connectivity index is 1.43. The van der Waals surface area contributed by atoms with Crippen molar-refractivity contribution in [3.8, 4) is 17.2 Å². The fourth-order valence-electron chi connectivity index (χ4n) is 3.90. The second-order valence-electron chi connectivity index (χ2n) is 6.74. The third kappa shape index (κ3) is 2.23. The summed E-state index contributed by atoms with van der Waals surface area (Å²) in [5.74, 6) is 3.16. The summed E-state index contributed by atoms with van der Waals surface area (Å²) < 4.78 is 22.8. The molecule has 0 fully saturated rings. The van der Waals surface area contributed by atoms with E-state index in [1.807, 2.05) is 53.5 Å². The summed E-state index contributed by atoms with van der Waals surface area (Å²) in [5.41, 5.74) is 3.17. The molecular formula is C21H16N2O4. The van der Waals surface area contributed by atoms with Gasteiger partial charge in [-0.1, -0.05) is 18.2 Å². The maximum absolute atomic E-state index is 6.23. The number of fused-ring (bicyclic) bond motifs is 4. The highest BCUT2D eigenvalue weighted by atomic mass is 16.7. The van der Waals surface area contributed by atoms with Gasteiger partial charge in [-0.2, -0.15) is 5.10 Å². The maximum Gasteiger partial charge on any atom is 0.246 e. The number of furan rings is 1. The van der Waals surface area contributed by atoms with E-state index in [0.29, 0.717) is 0 Å². The van der Waals surface area contributed by atoms with Crippen LogP contribution in [0.2, 0.25) is 0 Å². The fraction of sp³-hybridized carbons (Fsp3) is 0.190. The molecule has 2 atom stereocenters. The smallest absolute Gasteiger partial charge is 0.246 e. The predicted molar refractivity (Wildman–Crippen MR) is 96.8 cm³/mol. The van der Waals surface area contributed by atoms with E-state index in [9.17, 15) is 0 Å². The first-order valence-corrected chi connectivity index (χ1v) is 8.92. The lowest BCUT2D eigenvalue weighted by atomic mass is 9.96. The van der Waals surface area contributed by atoms with Crippen molar-refractivity contribution in [1.29, 1.82) is 0 Å². The highest BCUT2D eigenvalue weighted by Gasteiger charge is 2.42. The number of hydrogen-bond acceptors (Lipinski definition) is 6. The monoisotopic (exact) mass is 360 g/mol. The third-order valence-corrected chi connectivity index (χ3v) is 5.19. The number of ether oxygens (including phenoxy) is 3. The van der Waals surface area contributed by atoms with Crippen molar-refractivity contribution in [1.82, 2.24) is 5.01 Å². The van der Waals surface area contributed by atoms with Gasteiger partial charge in [0.15, 0.2) is 17.3 Å². The third-order valence-electron chi connectivity index (χ3n) is 5.19. The maximum atomic E-state index is 6.23. The van der Waals surface area contributed by atoms with Crippen molar-refractivity contribution in [2.75, 3.05) is 6.79 Å². The quantitative estimate of drug-likeness (QED) is 0.684. The second kappa shape index (κ2) is 5.54. The van der Waals surface area contributed by atoms with E-state index in [2.05, 4.69) is 6.07 Å². The molecule has 1 aromatic heterocycles. The molecule has 0 amide bonds. The van der Waals surface area contributed by atoms with Crippen LogP contribution in [-0.4, -0.2) is 17.5 Å². The number of hydrogen-bond donors (Lipinski definition) is 0. The van der Waals surface area contributed by atoms with E-state index in [0.717, 1.165) is 46.3 Å². The van der Waals surface area contributed by atoms with Gasteiger partial charge >= 0.3 is 0 Å². The van der Waals surface area contributed by atoms with Crippen LogP contribution in [0, 0.1) is 0 Å². The lowest BCUT2D eigenvalue weighted by Gasteiger charge is -2.36. The minimum Gasteiger partial charge on any atom is -0.463 e. The lowest BCUT2D eigenvalue weighted by Crippen LogP contribution is -2.33. The zero-order valence-corrected chi connectivity index (χ0v) is 14.4. The number of nitrogens with zero attached hydrogens (tertiary/aromatic N) is 2. The molecule has 0 bridgehead atoms. The first kappa shape index (κ1) is 14.7. The van der Waals surface area contributed by atoms with Crippen LogP contribution in [-0.2, 0) is 0 Å². The molecule has 3 aliphatic rings. The van der Waals surface area contributed by atoms with Crippen LogP contribution in [0.1, 0.15) is 35.6 Å². The van der Waals surface area contributed by atoms with Gasteiger partial charge in [-0.05, 0) is 36.4 Å². The van der Waals surface area contributed by atoms with E-state index < -0.39 is 0 Å². The van der Waals surface area contributed by atoms with Gasteiger partial charge < -0.3 is 18.6 Å². The highest BCUT2D eigenvalue weighted by molar-refractivity contribution is 6.02. The van der Waals surface area contributed by atoms with Gasteiger partial charge in [-0.15, -0.1) is 0 Å². The molecule has 134 valence electrons. The first-order chi connectivity index (χ1) is 13.4. The van der Waals surface area contributed by atoms with Crippen LogP contribution in [0.4, 0.5) is 0 Å². The summed E-state index contributed by atoms with van der Waals surface area (Å²) in [4.78, 5) is 0. The molecule has 0 spiro atoms. The molecule has 6 nitrogen and oxygen atoms in total. The number of hydrazone groups is 1. The minimum absolute atomic E-state index is 0.102. The predicted octanol–water partition coefficient (Wildman–Crippen LogP) is 4.25. The van der Waals surface area contributed by atoms with Crippen molar-refractivity contribution in [2.24, 2.45) is 5.10 Å². The van der Waals surface area contributed by atoms with E-state index in [4.69, 9.17) is 23.7 Å². The lowest BCUT2D eigenvalue weighted by molar-refractivity contribution is -0.0325. The van der Waals surface area contributed by atoms with Crippen molar-refractivity contribution in [3.63, 3.8) is 0 Å². The van der Waals surface area contributed by atoms with Gasteiger partial charge in [-0.25, -0.2) is 5.01 Å².